The first kappa shape index (κ1) is 22.2. The number of amides is 1. The molecule has 170 valence electrons. The van der Waals surface area contributed by atoms with Crippen molar-refractivity contribution in [3.8, 4) is 17.4 Å². The van der Waals surface area contributed by atoms with Crippen LogP contribution in [-0.4, -0.2) is 46.1 Å². The molecule has 0 fully saturated rings. The van der Waals surface area contributed by atoms with Crippen LogP contribution in [-0.2, 0) is 16.6 Å². The fourth-order valence-electron chi connectivity index (χ4n) is 3.68. The van der Waals surface area contributed by atoms with E-state index in [0.29, 0.717) is 29.9 Å². The van der Waals surface area contributed by atoms with E-state index in [9.17, 15) is 14.3 Å². The van der Waals surface area contributed by atoms with E-state index in [2.05, 4.69) is 42.3 Å². The molecule has 0 aromatic carbocycles. The number of unbranched alkanes of at least 4 members (excludes halogenated alkanes) is 1. The first-order valence-electron chi connectivity index (χ1n) is 10.5. The van der Waals surface area contributed by atoms with Crippen LogP contribution in [0.2, 0.25) is 0 Å². The van der Waals surface area contributed by atoms with Gasteiger partial charge < -0.3 is 10.4 Å². The standard InChI is InChI=1S/C22H23FN8O2/c1-4-5-6-14-20-25-11-27-31(20)10-15(28-14)18-29-19(26-12-32)17(21(33)30-18)22(2,3)16-8-7-13(23)9-24-16/h7-12H,4-6H2,1-3H3,(H2,26,29,30,32,33). The number of aryl methyl sites for hydroxylation is 1. The Hall–Kier alpha value is -4.02. The Morgan fingerprint density at radius 3 is 2.73 bits per heavy atom. The molecular weight excluding hydrogens is 427 g/mol. The van der Waals surface area contributed by atoms with Crippen molar-refractivity contribution in [3.63, 3.8) is 0 Å². The van der Waals surface area contributed by atoms with Crippen LogP contribution < -0.4 is 5.32 Å². The average Bonchev–Trinajstić information content (AvgIpc) is 3.26. The Morgan fingerprint density at radius 1 is 1.21 bits per heavy atom. The highest BCUT2D eigenvalue weighted by atomic mass is 19.1. The van der Waals surface area contributed by atoms with Crippen LogP contribution in [0.15, 0.2) is 30.9 Å². The molecule has 4 rings (SSSR count). The molecule has 0 aliphatic carbocycles. The van der Waals surface area contributed by atoms with Gasteiger partial charge in [0.05, 0.1) is 29.3 Å². The number of anilines is 1. The smallest absolute Gasteiger partial charge is 0.220 e. The third kappa shape index (κ3) is 4.21. The number of pyridine rings is 1. The molecule has 0 saturated heterocycles. The van der Waals surface area contributed by atoms with Gasteiger partial charge in [0, 0.05) is 5.41 Å². The van der Waals surface area contributed by atoms with Gasteiger partial charge in [0.15, 0.2) is 11.5 Å². The van der Waals surface area contributed by atoms with Crippen LogP contribution in [0.25, 0.3) is 17.2 Å². The fraction of sp³-hybridized carbons (Fsp3) is 0.318. The Bertz CT molecular complexity index is 1300. The number of carbonyl (C=O) groups excluding carboxylic acids is 1. The highest BCUT2D eigenvalue weighted by Crippen LogP contribution is 2.40. The number of halogens is 1. The SMILES string of the molecule is CCCCc1nc(-c2nc(O)c(C(C)(C)c3ccc(F)cn3)c(NC=O)n2)cn2ncnc12. The number of rotatable bonds is 8. The number of aromatic nitrogens is 7. The Morgan fingerprint density at radius 2 is 2.03 bits per heavy atom. The van der Waals surface area contributed by atoms with Crippen molar-refractivity contribution in [2.24, 2.45) is 0 Å². The summed E-state index contributed by atoms with van der Waals surface area (Å²) in [4.78, 5) is 33.1. The summed E-state index contributed by atoms with van der Waals surface area (Å²) in [5, 5.41) is 17.7. The number of carbonyl (C=O) groups is 1. The molecule has 0 saturated carbocycles. The lowest BCUT2D eigenvalue weighted by atomic mass is 9.81. The molecule has 0 aliphatic rings. The summed E-state index contributed by atoms with van der Waals surface area (Å²) in [5.41, 5.74) is 1.51. The fourth-order valence-corrected chi connectivity index (χ4v) is 3.68. The summed E-state index contributed by atoms with van der Waals surface area (Å²) in [5.74, 6) is -0.626. The van der Waals surface area contributed by atoms with Crippen molar-refractivity contribution < 1.29 is 14.3 Å². The van der Waals surface area contributed by atoms with E-state index in [-0.39, 0.29) is 23.1 Å². The zero-order chi connectivity index (χ0) is 23.6. The van der Waals surface area contributed by atoms with Crippen LogP contribution >= 0.6 is 0 Å². The number of fused-ring (bicyclic) bond motifs is 1. The van der Waals surface area contributed by atoms with Crippen molar-refractivity contribution in [3.05, 3.63) is 53.6 Å². The van der Waals surface area contributed by atoms with E-state index in [1.54, 1.807) is 24.6 Å². The second-order valence-corrected chi connectivity index (χ2v) is 8.05. The van der Waals surface area contributed by atoms with E-state index in [0.717, 1.165) is 24.7 Å². The van der Waals surface area contributed by atoms with E-state index in [1.165, 1.54) is 18.5 Å². The third-order valence-corrected chi connectivity index (χ3v) is 5.41. The van der Waals surface area contributed by atoms with Gasteiger partial charge >= 0.3 is 0 Å². The lowest BCUT2D eigenvalue weighted by molar-refractivity contribution is -0.105. The number of hydrogen-bond acceptors (Lipinski definition) is 8. The maximum Gasteiger partial charge on any atom is 0.220 e. The Kier molecular flexibility index (Phi) is 5.95. The van der Waals surface area contributed by atoms with Gasteiger partial charge in [-0.2, -0.15) is 10.1 Å². The summed E-state index contributed by atoms with van der Waals surface area (Å²) in [6.07, 6.45) is 7.20. The van der Waals surface area contributed by atoms with Crippen molar-refractivity contribution in [1.82, 2.24) is 34.5 Å². The summed E-state index contributed by atoms with van der Waals surface area (Å²) < 4.78 is 15.0. The van der Waals surface area contributed by atoms with Gasteiger partial charge in [-0.3, -0.25) is 9.78 Å². The van der Waals surface area contributed by atoms with E-state index in [4.69, 9.17) is 0 Å². The molecule has 11 heteroatoms. The maximum atomic E-state index is 13.4. The van der Waals surface area contributed by atoms with Gasteiger partial charge in [-0.25, -0.2) is 23.9 Å². The Balaban J connectivity index is 1.85. The minimum Gasteiger partial charge on any atom is -0.493 e. The van der Waals surface area contributed by atoms with Crippen molar-refractivity contribution in [2.75, 3.05) is 5.32 Å². The number of nitrogens with one attached hydrogen (secondary N) is 1. The molecule has 0 aliphatic heterocycles. The van der Waals surface area contributed by atoms with Crippen molar-refractivity contribution in [1.29, 1.82) is 0 Å². The quantitative estimate of drug-likeness (QED) is 0.392. The highest BCUT2D eigenvalue weighted by molar-refractivity contribution is 5.74. The van der Waals surface area contributed by atoms with Crippen LogP contribution in [0.1, 0.15) is 50.6 Å². The molecule has 2 N–H and O–H groups in total. The van der Waals surface area contributed by atoms with Gasteiger partial charge in [0.25, 0.3) is 0 Å². The topological polar surface area (TPSA) is 131 Å². The molecule has 0 bridgehead atoms. The molecule has 0 atom stereocenters. The number of hydrogen-bond donors (Lipinski definition) is 2. The number of aromatic hydroxyl groups is 1. The molecule has 0 radical (unpaired) electrons. The summed E-state index contributed by atoms with van der Waals surface area (Å²) in [7, 11) is 0. The summed E-state index contributed by atoms with van der Waals surface area (Å²) in [6, 6.07) is 2.78. The van der Waals surface area contributed by atoms with Gasteiger partial charge in [-0.1, -0.05) is 13.3 Å². The van der Waals surface area contributed by atoms with Gasteiger partial charge in [-0.05, 0) is 38.8 Å². The normalized spacial score (nSPS) is 11.6. The highest BCUT2D eigenvalue weighted by Gasteiger charge is 2.33. The molecular formula is C22H23FN8O2. The van der Waals surface area contributed by atoms with Crippen LogP contribution in [0.5, 0.6) is 5.88 Å². The third-order valence-electron chi connectivity index (χ3n) is 5.41. The van der Waals surface area contributed by atoms with Gasteiger partial charge in [0.2, 0.25) is 12.3 Å². The first-order valence-corrected chi connectivity index (χ1v) is 10.5. The zero-order valence-corrected chi connectivity index (χ0v) is 18.4. The zero-order valence-electron chi connectivity index (χ0n) is 18.4. The summed E-state index contributed by atoms with van der Waals surface area (Å²) in [6.45, 7) is 5.62. The van der Waals surface area contributed by atoms with Crippen molar-refractivity contribution in [2.45, 2.75) is 45.4 Å². The summed E-state index contributed by atoms with van der Waals surface area (Å²) >= 11 is 0. The van der Waals surface area contributed by atoms with Crippen LogP contribution in [0, 0.1) is 5.82 Å². The van der Waals surface area contributed by atoms with E-state index >= 15 is 0 Å². The molecule has 1 amide bonds. The average molecular weight is 450 g/mol. The van der Waals surface area contributed by atoms with Crippen LogP contribution in [0.4, 0.5) is 10.2 Å². The predicted octanol–water partition coefficient (Wildman–Crippen LogP) is 3.06. The predicted molar refractivity (Wildman–Crippen MR) is 118 cm³/mol. The largest absolute Gasteiger partial charge is 0.493 e. The second-order valence-electron chi connectivity index (χ2n) is 8.05. The number of nitrogens with zero attached hydrogens (tertiary/aromatic N) is 7. The monoisotopic (exact) mass is 450 g/mol. The van der Waals surface area contributed by atoms with Crippen LogP contribution in [0.3, 0.4) is 0 Å². The molecule has 4 aromatic rings. The van der Waals surface area contributed by atoms with Crippen molar-refractivity contribution >= 4 is 17.9 Å². The molecule has 33 heavy (non-hydrogen) atoms. The maximum absolute atomic E-state index is 13.4. The van der Waals surface area contributed by atoms with Gasteiger partial charge in [0.1, 0.15) is 23.7 Å². The first-order chi connectivity index (χ1) is 15.8. The molecule has 0 unspecified atom stereocenters. The van der Waals surface area contributed by atoms with E-state index < -0.39 is 11.2 Å². The minimum atomic E-state index is -0.947. The molecule has 0 spiro atoms. The molecule has 10 nitrogen and oxygen atoms in total. The lowest BCUT2D eigenvalue weighted by Gasteiger charge is -2.26. The molecule has 4 aromatic heterocycles. The van der Waals surface area contributed by atoms with E-state index in [1.807, 2.05) is 0 Å². The molecule has 4 heterocycles. The lowest BCUT2D eigenvalue weighted by Crippen LogP contribution is -2.24. The second kappa shape index (κ2) is 8.85. The minimum absolute atomic E-state index is 0.0965. The Labute approximate surface area is 189 Å². The van der Waals surface area contributed by atoms with Gasteiger partial charge in [-0.15, -0.1) is 0 Å².